The zero-order chi connectivity index (χ0) is 21.5. The van der Waals surface area contributed by atoms with Gasteiger partial charge in [0.15, 0.2) is 17.6 Å². The maximum Gasteiger partial charge on any atom is 0.280 e. The number of hydrogen-bond acceptors (Lipinski definition) is 6. The van der Waals surface area contributed by atoms with Crippen LogP contribution in [0.4, 0.5) is 0 Å². The summed E-state index contributed by atoms with van der Waals surface area (Å²) in [6.07, 6.45) is 0.772. The van der Waals surface area contributed by atoms with Gasteiger partial charge in [0.05, 0.1) is 27.5 Å². The van der Waals surface area contributed by atoms with E-state index in [-0.39, 0.29) is 5.91 Å². The summed E-state index contributed by atoms with van der Waals surface area (Å²) in [7, 11) is 4.60. The third-order valence-electron chi connectivity index (χ3n) is 4.48. The molecule has 0 fully saturated rings. The minimum atomic E-state index is -0.719. The van der Waals surface area contributed by atoms with Crippen molar-refractivity contribution >= 4 is 22.9 Å². The summed E-state index contributed by atoms with van der Waals surface area (Å²) in [5, 5.41) is 6.16. The van der Waals surface area contributed by atoms with E-state index in [1.165, 1.54) is 27.5 Å². The van der Waals surface area contributed by atoms with Crippen LogP contribution >= 0.6 is 0 Å². The molecule has 30 heavy (non-hydrogen) atoms. The lowest BCUT2D eigenvalue weighted by molar-refractivity contribution is -0.127. The number of nitrogens with one attached hydrogen (secondary N) is 1. The van der Waals surface area contributed by atoms with Gasteiger partial charge in [0.1, 0.15) is 5.75 Å². The molecule has 0 saturated heterocycles. The molecule has 1 N–H and O–H groups in total. The maximum atomic E-state index is 12.3. The maximum absolute atomic E-state index is 12.3. The summed E-state index contributed by atoms with van der Waals surface area (Å²) in [6.45, 7) is 1.67. The van der Waals surface area contributed by atoms with Crippen molar-refractivity contribution < 1.29 is 23.7 Å². The Labute approximate surface area is 175 Å². The third kappa shape index (κ3) is 4.81. The molecular weight excluding hydrogens is 384 g/mol. The number of carbonyl (C=O) groups excluding carboxylic acids is 1. The molecule has 0 spiro atoms. The number of methoxy groups -OCH3 is 3. The second-order valence-corrected chi connectivity index (χ2v) is 6.46. The smallest absolute Gasteiger partial charge is 0.280 e. The third-order valence-corrected chi connectivity index (χ3v) is 4.48. The predicted octanol–water partition coefficient (Wildman–Crippen LogP) is 3.78. The molecule has 7 nitrogen and oxygen atoms in total. The highest BCUT2D eigenvalue weighted by atomic mass is 16.5. The number of hydrazone groups is 1. The number of amides is 1. The van der Waals surface area contributed by atoms with E-state index in [2.05, 4.69) is 10.5 Å². The molecule has 3 aromatic rings. The first-order valence-corrected chi connectivity index (χ1v) is 9.34. The van der Waals surface area contributed by atoms with Crippen LogP contribution in [-0.2, 0) is 4.79 Å². The second kappa shape index (κ2) is 9.65. The molecule has 0 aliphatic heterocycles. The van der Waals surface area contributed by atoms with Gasteiger partial charge in [-0.1, -0.05) is 30.3 Å². The summed E-state index contributed by atoms with van der Waals surface area (Å²) >= 11 is 0. The number of benzene rings is 3. The van der Waals surface area contributed by atoms with Crippen LogP contribution in [0.15, 0.2) is 59.7 Å². The molecule has 0 heterocycles. The molecule has 1 atom stereocenters. The fraction of sp³-hybridized carbons (Fsp3) is 0.217. The SMILES string of the molecule is COc1cc(/C=N\NC(=O)[C@@H](C)Oc2ccc3ccccc3c2)cc(OC)c1OC. The van der Waals surface area contributed by atoms with Crippen LogP contribution in [0.25, 0.3) is 10.8 Å². The van der Waals surface area contributed by atoms with Crippen molar-refractivity contribution in [1.29, 1.82) is 0 Å². The van der Waals surface area contributed by atoms with Gasteiger partial charge in [0.25, 0.3) is 5.91 Å². The van der Waals surface area contributed by atoms with Gasteiger partial charge in [0, 0.05) is 5.56 Å². The van der Waals surface area contributed by atoms with E-state index < -0.39 is 6.10 Å². The zero-order valence-electron chi connectivity index (χ0n) is 17.3. The lowest BCUT2D eigenvalue weighted by Gasteiger charge is -2.14. The van der Waals surface area contributed by atoms with Crippen molar-refractivity contribution in [1.82, 2.24) is 5.43 Å². The van der Waals surface area contributed by atoms with Crippen molar-refractivity contribution in [2.75, 3.05) is 21.3 Å². The van der Waals surface area contributed by atoms with E-state index in [1.807, 2.05) is 42.5 Å². The van der Waals surface area contributed by atoms with Gasteiger partial charge in [0.2, 0.25) is 5.75 Å². The normalized spacial score (nSPS) is 11.9. The molecule has 0 aliphatic carbocycles. The van der Waals surface area contributed by atoms with Crippen LogP contribution in [0.5, 0.6) is 23.0 Å². The van der Waals surface area contributed by atoms with Gasteiger partial charge in [-0.05, 0) is 42.0 Å². The van der Waals surface area contributed by atoms with E-state index in [0.717, 1.165) is 10.8 Å². The molecule has 1 amide bonds. The number of nitrogens with zero attached hydrogens (tertiary/aromatic N) is 1. The predicted molar refractivity (Wildman–Crippen MR) is 116 cm³/mol. The van der Waals surface area contributed by atoms with Crippen molar-refractivity contribution in [3.63, 3.8) is 0 Å². The number of rotatable bonds is 8. The van der Waals surface area contributed by atoms with Crippen LogP contribution in [-0.4, -0.2) is 39.6 Å². The van der Waals surface area contributed by atoms with E-state index in [4.69, 9.17) is 18.9 Å². The van der Waals surface area contributed by atoms with Gasteiger partial charge in [-0.2, -0.15) is 5.10 Å². The molecule has 0 radical (unpaired) electrons. The minimum absolute atomic E-state index is 0.369. The summed E-state index contributed by atoms with van der Waals surface area (Å²) < 4.78 is 21.7. The largest absolute Gasteiger partial charge is 0.493 e. The molecule has 3 rings (SSSR count). The van der Waals surface area contributed by atoms with Gasteiger partial charge in [-0.25, -0.2) is 5.43 Å². The Morgan fingerprint density at radius 3 is 2.23 bits per heavy atom. The average molecular weight is 408 g/mol. The van der Waals surface area contributed by atoms with Crippen LogP contribution in [0.2, 0.25) is 0 Å². The number of carbonyl (C=O) groups is 1. The van der Waals surface area contributed by atoms with Crippen molar-refractivity contribution in [3.8, 4) is 23.0 Å². The molecule has 0 aromatic heterocycles. The van der Waals surface area contributed by atoms with E-state index in [1.54, 1.807) is 19.1 Å². The molecule has 3 aromatic carbocycles. The minimum Gasteiger partial charge on any atom is -0.493 e. The number of hydrogen-bond donors (Lipinski definition) is 1. The molecule has 0 unspecified atom stereocenters. The summed E-state index contributed by atoms with van der Waals surface area (Å²) in [5.74, 6) is 1.73. The highest BCUT2D eigenvalue weighted by Crippen LogP contribution is 2.37. The van der Waals surface area contributed by atoms with Crippen molar-refractivity contribution in [2.24, 2.45) is 5.10 Å². The molecule has 0 bridgehead atoms. The molecule has 0 aliphatic rings. The molecular formula is C23H24N2O5. The molecule has 7 heteroatoms. The number of fused-ring (bicyclic) bond motifs is 1. The Morgan fingerprint density at radius 2 is 1.60 bits per heavy atom. The highest BCUT2D eigenvalue weighted by Gasteiger charge is 2.15. The van der Waals surface area contributed by atoms with Crippen LogP contribution in [0.1, 0.15) is 12.5 Å². The Morgan fingerprint density at radius 1 is 0.933 bits per heavy atom. The standard InChI is InChI=1S/C23H24N2O5/c1-15(30-19-10-9-17-7-5-6-8-18(17)13-19)23(26)25-24-14-16-11-20(27-2)22(29-4)21(12-16)28-3/h5-15H,1-4H3,(H,25,26)/b24-14-/t15-/m1/s1. The highest BCUT2D eigenvalue weighted by molar-refractivity contribution is 5.86. The topological polar surface area (TPSA) is 78.4 Å². The first kappa shape index (κ1) is 21.0. The fourth-order valence-electron chi connectivity index (χ4n) is 2.94. The first-order chi connectivity index (χ1) is 14.5. The zero-order valence-corrected chi connectivity index (χ0v) is 17.3. The van der Waals surface area contributed by atoms with E-state index >= 15 is 0 Å². The lowest BCUT2D eigenvalue weighted by atomic mass is 10.1. The summed E-state index contributed by atoms with van der Waals surface area (Å²) in [5.41, 5.74) is 3.16. The van der Waals surface area contributed by atoms with E-state index in [9.17, 15) is 4.79 Å². The Hall–Kier alpha value is -3.74. The number of ether oxygens (including phenoxy) is 4. The van der Waals surface area contributed by atoms with Crippen molar-refractivity contribution in [2.45, 2.75) is 13.0 Å². The summed E-state index contributed by atoms with van der Waals surface area (Å²) in [6, 6.07) is 17.1. The van der Waals surface area contributed by atoms with Crippen molar-refractivity contribution in [3.05, 3.63) is 60.2 Å². The lowest BCUT2D eigenvalue weighted by Crippen LogP contribution is -2.33. The Balaban J connectivity index is 1.64. The van der Waals surface area contributed by atoms with Gasteiger partial charge >= 0.3 is 0 Å². The van der Waals surface area contributed by atoms with Crippen LogP contribution in [0.3, 0.4) is 0 Å². The molecule has 0 saturated carbocycles. The van der Waals surface area contributed by atoms with Crippen LogP contribution < -0.4 is 24.4 Å². The average Bonchev–Trinajstić information content (AvgIpc) is 2.78. The van der Waals surface area contributed by atoms with Gasteiger partial charge < -0.3 is 18.9 Å². The quantitative estimate of drug-likeness (QED) is 0.453. The van der Waals surface area contributed by atoms with E-state index in [0.29, 0.717) is 28.6 Å². The van der Waals surface area contributed by atoms with Crippen LogP contribution in [0, 0.1) is 0 Å². The fourth-order valence-corrected chi connectivity index (χ4v) is 2.94. The molecule has 156 valence electrons. The Bertz CT molecular complexity index is 1040. The summed E-state index contributed by atoms with van der Waals surface area (Å²) in [4.78, 5) is 12.3. The van der Waals surface area contributed by atoms with Gasteiger partial charge in [-0.15, -0.1) is 0 Å². The second-order valence-electron chi connectivity index (χ2n) is 6.46. The monoisotopic (exact) mass is 408 g/mol. The first-order valence-electron chi connectivity index (χ1n) is 9.34. The Kier molecular flexibility index (Phi) is 6.75. The van der Waals surface area contributed by atoms with Gasteiger partial charge in [-0.3, -0.25) is 4.79 Å².